The third-order valence-electron chi connectivity index (χ3n) is 7.47. The number of hydrogen-bond acceptors (Lipinski definition) is 2. The maximum absolute atomic E-state index is 13.8. The number of carbonyl (C=O) groups excluding carboxylic acids is 1. The summed E-state index contributed by atoms with van der Waals surface area (Å²) in [6.45, 7) is 20.7. The van der Waals surface area contributed by atoms with E-state index in [1.807, 2.05) is 30.3 Å². The fraction of sp³-hybridized carbons (Fsp3) is 0.323. The van der Waals surface area contributed by atoms with Crippen LogP contribution in [0.3, 0.4) is 0 Å². The molecule has 0 atom stereocenters. The highest BCUT2D eigenvalue weighted by molar-refractivity contribution is 7.91. The first-order valence-corrected chi connectivity index (χ1v) is 28.8. The van der Waals surface area contributed by atoms with Crippen molar-refractivity contribution < 1.29 is 9.53 Å². The molecule has 0 spiro atoms. The summed E-state index contributed by atoms with van der Waals surface area (Å²) in [5.74, 6) is -0.141. The summed E-state index contributed by atoms with van der Waals surface area (Å²) in [5.41, 5.74) is 4.42. The van der Waals surface area contributed by atoms with Crippen molar-refractivity contribution in [2.24, 2.45) is 0 Å². The van der Waals surface area contributed by atoms with Crippen LogP contribution in [0.1, 0.15) is 16.7 Å². The van der Waals surface area contributed by atoms with Crippen molar-refractivity contribution in [3.05, 3.63) is 113 Å². The molecular weight excluding hydrogens is 517 g/mol. The summed E-state index contributed by atoms with van der Waals surface area (Å²) in [6, 6.07) is 31.3. The highest BCUT2D eigenvalue weighted by Gasteiger charge is 2.66. The standard InChI is InChI=1S/C31H44O2Si4/c1-34(2,3)37(35(4,5)6,36(7,8)9)31(33-29(32)25-26-19-13-10-14-20-26)30(27-21-15-11-16-22-27)28-23-17-12-18-24-28/h10-24H,25H2,1-9H3. The van der Waals surface area contributed by atoms with E-state index >= 15 is 0 Å². The maximum atomic E-state index is 13.8. The van der Waals surface area contributed by atoms with Crippen molar-refractivity contribution in [1.82, 2.24) is 0 Å². The van der Waals surface area contributed by atoms with Gasteiger partial charge in [-0.05, 0) is 16.7 Å². The van der Waals surface area contributed by atoms with E-state index in [0.29, 0.717) is 0 Å². The summed E-state index contributed by atoms with van der Waals surface area (Å²) in [7, 11) is -5.49. The van der Waals surface area contributed by atoms with E-state index in [9.17, 15) is 4.79 Å². The van der Waals surface area contributed by atoms with E-state index in [1.54, 1.807) is 0 Å². The van der Waals surface area contributed by atoms with Crippen molar-refractivity contribution in [1.29, 1.82) is 0 Å². The minimum absolute atomic E-state index is 0.141. The first-order chi connectivity index (χ1) is 17.2. The lowest BCUT2D eigenvalue weighted by molar-refractivity contribution is -0.137. The molecule has 0 bridgehead atoms. The van der Waals surface area contributed by atoms with Crippen LogP contribution in [0.4, 0.5) is 0 Å². The van der Waals surface area contributed by atoms with Crippen molar-refractivity contribution in [3.63, 3.8) is 0 Å². The van der Waals surface area contributed by atoms with Gasteiger partial charge in [0.05, 0.1) is 11.8 Å². The average molecular weight is 561 g/mol. The number of hydrogen-bond donors (Lipinski definition) is 0. The van der Waals surface area contributed by atoms with E-state index in [0.717, 1.165) is 27.6 Å². The lowest BCUT2D eigenvalue weighted by Crippen LogP contribution is -2.84. The molecule has 0 aromatic heterocycles. The number of benzene rings is 3. The maximum Gasteiger partial charge on any atom is 0.314 e. The predicted molar refractivity (Wildman–Crippen MR) is 171 cm³/mol. The molecule has 6 heteroatoms. The molecule has 2 nitrogen and oxygen atoms in total. The Morgan fingerprint density at radius 1 is 0.568 bits per heavy atom. The molecule has 37 heavy (non-hydrogen) atoms. The van der Waals surface area contributed by atoms with Gasteiger partial charge in [0.2, 0.25) is 0 Å². The van der Waals surface area contributed by atoms with Crippen LogP contribution in [0.2, 0.25) is 58.9 Å². The van der Waals surface area contributed by atoms with Crippen molar-refractivity contribution in [2.75, 3.05) is 0 Å². The molecule has 0 amide bonds. The van der Waals surface area contributed by atoms with Gasteiger partial charge in [-0.3, -0.25) is 4.79 Å². The molecule has 0 heterocycles. The summed E-state index contributed by atoms with van der Waals surface area (Å²) >= 11 is 0. The minimum atomic E-state index is -2.29. The number of ether oxygens (including phenoxy) is 1. The van der Waals surface area contributed by atoms with Gasteiger partial charge in [-0.15, -0.1) is 0 Å². The summed E-state index contributed by atoms with van der Waals surface area (Å²) in [4.78, 5) is 13.8. The zero-order valence-electron chi connectivity index (χ0n) is 24.2. The molecule has 0 aliphatic rings. The molecule has 0 aliphatic carbocycles. The highest BCUT2D eigenvalue weighted by Crippen LogP contribution is 2.46. The molecule has 196 valence electrons. The molecule has 3 rings (SSSR count). The second kappa shape index (κ2) is 11.2. The normalized spacial score (nSPS) is 12.7. The lowest BCUT2D eigenvalue weighted by atomic mass is 9.99. The van der Waals surface area contributed by atoms with E-state index in [1.165, 1.54) is 0 Å². The molecule has 0 saturated carbocycles. The Hall–Kier alpha value is -2.26. The van der Waals surface area contributed by atoms with E-state index in [-0.39, 0.29) is 12.4 Å². The molecule has 0 fully saturated rings. The van der Waals surface area contributed by atoms with Crippen LogP contribution < -0.4 is 0 Å². The Bertz CT molecular complexity index is 1140. The first kappa shape index (κ1) is 29.3. The number of esters is 1. The number of rotatable bonds is 9. The molecule has 0 radical (unpaired) electrons. The molecule has 0 unspecified atom stereocenters. The average Bonchev–Trinajstić information content (AvgIpc) is 2.78. The minimum Gasteiger partial charge on any atom is -0.436 e. The monoisotopic (exact) mass is 560 g/mol. The van der Waals surface area contributed by atoms with Gasteiger partial charge in [0, 0.05) is 28.3 Å². The lowest BCUT2D eigenvalue weighted by Gasteiger charge is -2.57. The summed E-state index contributed by atoms with van der Waals surface area (Å²) in [5, 5.41) is 1.07. The van der Waals surface area contributed by atoms with E-state index in [4.69, 9.17) is 4.74 Å². The van der Waals surface area contributed by atoms with Gasteiger partial charge in [-0.2, -0.15) is 0 Å². The quantitative estimate of drug-likeness (QED) is 0.149. The smallest absolute Gasteiger partial charge is 0.314 e. The van der Waals surface area contributed by atoms with Crippen LogP contribution >= 0.6 is 0 Å². The van der Waals surface area contributed by atoms with Crippen molar-refractivity contribution in [3.8, 4) is 0 Å². The van der Waals surface area contributed by atoms with Crippen LogP contribution in [0.15, 0.2) is 96.4 Å². The topological polar surface area (TPSA) is 26.3 Å². The highest BCUT2D eigenvalue weighted by atomic mass is 29.9. The van der Waals surface area contributed by atoms with Crippen LogP contribution in [-0.2, 0) is 16.0 Å². The molecule has 0 aliphatic heterocycles. The molecule has 0 saturated heterocycles. The van der Waals surface area contributed by atoms with Gasteiger partial charge in [0.25, 0.3) is 0 Å². The molecule has 0 N–H and O–H groups in total. The fourth-order valence-electron chi connectivity index (χ4n) is 7.26. The SMILES string of the molecule is C[Si](C)(C)[Si](C(OC(=O)Cc1ccccc1)=C(c1ccccc1)c1ccccc1)([Si](C)(C)C)[Si](C)(C)C. The Morgan fingerprint density at radius 3 is 1.27 bits per heavy atom. The Labute approximate surface area is 228 Å². The third-order valence-corrected chi connectivity index (χ3v) is 78.1. The van der Waals surface area contributed by atoms with Gasteiger partial charge in [-0.25, -0.2) is 0 Å². The Balaban J connectivity index is 2.46. The number of carbonyl (C=O) groups is 1. The van der Waals surface area contributed by atoms with Gasteiger partial charge in [-0.1, -0.05) is 150 Å². The molecule has 3 aromatic rings. The van der Waals surface area contributed by atoms with Crippen molar-refractivity contribution >= 4 is 40.9 Å². The Kier molecular flexibility index (Phi) is 8.89. The zero-order chi connectivity index (χ0) is 27.5. The van der Waals surface area contributed by atoms with Crippen molar-refractivity contribution in [2.45, 2.75) is 65.3 Å². The van der Waals surface area contributed by atoms with Gasteiger partial charge < -0.3 is 4.74 Å². The van der Waals surface area contributed by atoms with Crippen LogP contribution in [0.5, 0.6) is 0 Å². The van der Waals surface area contributed by atoms with Crippen LogP contribution in [0.25, 0.3) is 5.57 Å². The molecule has 3 aromatic carbocycles. The third kappa shape index (κ3) is 6.08. The Morgan fingerprint density at radius 2 is 0.919 bits per heavy atom. The van der Waals surface area contributed by atoms with E-state index in [2.05, 4.69) is 120 Å². The second-order valence-corrected chi connectivity index (χ2v) is 53.3. The summed E-state index contributed by atoms with van der Waals surface area (Å²) in [6.07, 6.45) is 0.286. The van der Waals surface area contributed by atoms with Gasteiger partial charge in [0.1, 0.15) is 6.63 Å². The van der Waals surface area contributed by atoms with Crippen LogP contribution in [-0.4, -0.2) is 35.4 Å². The molecular formula is C31H44O2Si4. The van der Waals surface area contributed by atoms with Gasteiger partial charge >= 0.3 is 5.97 Å². The largest absolute Gasteiger partial charge is 0.436 e. The summed E-state index contributed by atoms with van der Waals surface area (Å²) < 4.78 is 6.88. The zero-order valence-corrected chi connectivity index (χ0v) is 28.2. The van der Waals surface area contributed by atoms with E-state index < -0.39 is 29.4 Å². The first-order valence-electron chi connectivity index (χ1n) is 13.3. The van der Waals surface area contributed by atoms with Gasteiger partial charge in [0.15, 0.2) is 0 Å². The predicted octanol–water partition coefficient (Wildman–Crippen LogP) is 8.47. The fourth-order valence-corrected chi connectivity index (χ4v) is 106. The van der Waals surface area contributed by atoms with Crippen LogP contribution in [0, 0.1) is 0 Å². The second-order valence-electron chi connectivity index (χ2n) is 13.1.